The van der Waals surface area contributed by atoms with E-state index in [1.54, 1.807) is 12.1 Å². The van der Waals surface area contributed by atoms with Crippen molar-refractivity contribution < 1.29 is 4.92 Å². The van der Waals surface area contributed by atoms with Crippen molar-refractivity contribution in [2.24, 2.45) is 11.7 Å². The molecule has 0 radical (unpaired) electrons. The molecule has 1 aliphatic rings. The van der Waals surface area contributed by atoms with E-state index in [1.807, 2.05) is 11.9 Å². The van der Waals surface area contributed by atoms with Crippen LogP contribution in [0.4, 0.5) is 11.5 Å². The third kappa shape index (κ3) is 3.11. The van der Waals surface area contributed by atoms with Crippen LogP contribution < -0.4 is 10.6 Å². The van der Waals surface area contributed by atoms with Gasteiger partial charge in [0.25, 0.3) is 0 Å². The fraction of sp³-hybridized carbons (Fsp3) is 0.571. The van der Waals surface area contributed by atoms with Gasteiger partial charge < -0.3 is 10.6 Å². The van der Waals surface area contributed by atoms with Crippen LogP contribution in [0.2, 0.25) is 0 Å². The lowest BCUT2D eigenvalue weighted by atomic mass is 9.84. The fourth-order valence-corrected chi connectivity index (χ4v) is 3.01. The lowest BCUT2D eigenvalue weighted by molar-refractivity contribution is -0.385. The molecule has 0 spiro atoms. The van der Waals surface area contributed by atoms with Gasteiger partial charge in [0, 0.05) is 19.2 Å². The minimum absolute atomic E-state index is 0.149. The number of hydrogen-bond acceptors (Lipinski definition) is 6. The molecule has 1 heterocycles. The van der Waals surface area contributed by atoms with Crippen LogP contribution in [0.15, 0.2) is 12.1 Å². The molecule has 2 unspecified atom stereocenters. The molecule has 7 heteroatoms. The Bertz CT molecular complexity index is 569. The third-order valence-electron chi connectivity index (χ3n) is 4.19. The number of nitro groups is 1. The zero-order valence-corrected chi connectivity index (χ0v) is 12.0. The molecule has 0 aliphatic heterocycles. The van der Waals surface area contributed by atoms with E-state index in [0.717, 1.165) is 19.3 Å². The molecule has 1 saturated carbocycles. The summed E-state index contributed by atoms with van der Waals surface area (Å²) in [6.45, 7) is 0.618. The topological polar surface area (TPSA) is 109 Å². The van der Waals surface area contributed by atoms with Gasteiger partial charge in [-0.25, -0.2) is 4.98 Å². The first-order valence-electron chi connectivity index (χ1n) is 7.07. The van der Waals surface area contributed by atoms with Crippen LogP contribution >= 0.6 is 0 Å². The van der Waals surface area contributed by atoms with Gasteiger partial charge in [-0.05, 0) is 31.4 Å². The molecule has 21 heavy (non-hydrogen) atoms. The maximum Gasteiger partial charge on any atom is 0.305 e. The fourth-order valence-electron chi connectivity index (χ4n) is 3.01. The van der Waals surface area contributed by atoms with Gasteiger partial charge in [0.15, 0.2) is 0 Å². The van der Waals surface area contributed by atoms with Crippen molar-refractivity contribution in [2.75, 3.05) is 18.5 Å². The first kappa shape index (κ1) is 15.2. The van der Waals surface area contributed by atoms with Crippen LogP contribution in [-0.2, 0) is 0 Å². The number of pyridine rings is 1. The number of hydrogen-bond donors (Lipinski definition) is 1. The van der Waals surface area contributed by atoms with E-state index in [2.05, 4.69) is 4.98 Å². The van der Waals surface area contributed by atoms with E-state index in [9.17, 15) is 10.1 Å². The molecule has 1 aromatic rings. The lowest BCUT2D eigenvalue weighted by Gasteiger charge is -2.38. The van der Waals surface area contributed by atoms with E-state index in [4.69, 9.17) is 11.0 Å². The molecule has 2 rings (SSSR count). The van der Waals surface area contributed by atoms with Crippen LogP contribution in [0.5, 0.6) is 0 Å². The minimum atomic E-state index is -0.585. The number of nitriles is 1. The Hall–Kier alpha value is -2.20. The summed E-state index contributed by atoms with van der Waals surface area (Å²) < 4.78 is 0. The normalized spacial score (nSPS) is 21.6. The Morgan fingerprint density at radius 3 is 2.86 bits per heavy atom. The molecule has 1 aliphatic carbocycles. The Labute approximate surface area is 123 Å². The number of nitrogens with zero attached hydrogens (tertiary/aromatic N) is 4. The van der Waals surface area contributed by atoms with Crippen LogP contribution in [0, 0.1) is 27.4 Å². The summed E-state index contributed by atoms with van der Waals surface area (Å²) in [4.78, 5) is 16.4. The SMILES string of the molecule is CN(c1ccc([N+](=O)[O-])c(C#N)n1)C1CCCCC1CN. The molecule has 0 saturated heterocycles. The van der Waals surface area contributed by atoms with Crippen LogP contribution in [0.1, 0.15) is 31.4 Å². The molecular formula is C14H19N5O2. The summed E-state index contributed by atoms with van der Waals surface area (Å²) in [6.07, 6.45) is 4.44. The molecule has 1 fully saturated rings. The van der Waals surface area contributed by atoms with Crippen LogP contribution in [0.25, 0.3) is 0 Å². The molecule has 2 atom stereocenters. The highest BCUT2D eigenvalue weighted by Crippen LogP contribution is 2.30. The summed E-state index contributed by atoms with van der Waals surface area (Å²) in [5.41, 5.74) is 5.44. The Morgan fingerprint density at radius 2 is 2.24 bits per heavy atom. The van der Waals surface area contributed by atoms with Gasteiger partial charge in [-0.3, -0.25) is 10.1 Å². The maximum absolute atomic E-state index is 10.8. The van der Waals surface area contributed by atoms with Crippen molar-refractivity contribution in [2.45, 2.75) is 31.7 Å². The monoisotopic (exact) mass is 289 g/mol. The van der Waals surface area contributed by atoms with Crippen molar-refractivity contribution in [3.05, 3.63) is 27.9 Å². The first-order chi connectivity index (χ1) is 10.1. The van der Waals surface area contributed by atoms with Crippen LogP contribution in [-0.4, -0.2) is 29.5 Å². The molecule has 1 aromatic heterocycles. The van der Waals surface area contributed by atoms with Gasteiger partial charge in [-0.15, -0.1) is 0 Å². The lowest BCUT2D eigenvalue weighted by Crippen LogP contribution is -2.43. The molecule has 112 valence electrons. The summed E-state index contributed by atoms with van der Waals surface area (Å²) in [5.74, 6) is 0.980. The van der Waals surface area contributed by atoms with Gasteiger partial charge >= 0.3 is 5.69 Å². The summed E-state index contributed by atoms with van der Waals surface area (Å²) in [6, 6.07) is 5.01. The van der Waals surface area contributed by atoms with Gasteiger partial charge in [0.05, 0.1) is 4.92 Å². The predicted molar refractivity (Wildman–Crippen MR) is 78.8 cm³/mol. The summed E-state index contributed by atoms with van der Waals surface area (Å²) >= 11 is 0. The van der Waals surface area contributed by atoms with Crippen molar-refractivity contribution in [1.29, 1.82) is 5.26 Å². The van der Waals surface area contributed by atoms with Crippen molar-refractivity contribution in [3.63, 3.8) is 0 Å². The standard InChI is InChI=1S/C14H19N5O2/c1-18(12-5-3-2-4-10(12)8-15)14-7-6-13(19(20)21)11(9-16)17-14/h6-7,10,12H,2-5,8,15H2,1H3. The van der Waals surface area contributed by atoms with Gasteiger partial charge in [0.1, 0.15) is 11.9 Å². The van der Waals surface area contributed by atoms with E-state index >= 15 is 0 Å². The second-order valence-electron chi connectivity index (χ2n) is 5.36. The quantitative estimate of drug-likeness (QED) is 0.668. The van der Waals surface area contributed by atoms with Crippen LogP contribution in [0.3, 0.4) is 0 Å². The van der Waals surface area contributed by atoms with Crippen molar-refractivity contribution in [1.82, 2.24) is 4.98 Å². The van der Waals surface area contributed by atoms with E-state index in [-0.39, 0.29) is 17.4 Å². The van der Waals surface area contributed by atoms with Crippen molar-refractivity contribution in [3.8, 4) is 6.07 Å². The molecule has 7 nitrogen and oxygen atoms in total. The first-order valence-corrected chi connectivity index (χ1v) is 7.07. The molecular weight excluding hydrogens is 270 g/mol. The Kier molecular flexibility index (Phi) is 4.70. The smallest absolute Gasteiger partial charge is 0.305 e. The average Bonchev–Trinajstić information content (AvgIpc) is 2.53. The molecule has 0 aromatic carbocycles. The highest BCUT2D eigenvalue weighted by Gasteiger charge is 2.29. The number of aromatic nitrogens is 1. The summed E-state index contributed by atoms with van der Waals surface area (Å²) in [5, 5.41) is 19.9. The second-order valence-corrected chi connectivity index (χ2v) is 5.36. The molecule has 2 N–H and O–H groups in total. The van der Waals surface area contributed by atoms with E-state index in [1.165, 1.54) is 12.5 Å². The highest BCUT2D eigenvalue weighted by atomic mass is 16.6. The zero-order valence-electron chi connectivity index (χ0n) is 12.0. The zero-order chi connectivity index (χ0) is 15.4. The molecule has 0 bridgehead atoms. The Balaban J connectivity index is 2.28. The number of rotatable bonds is 4. The highest BCUT2D eigenvalue weighted by molar-refractivity contribution is 5.51. The third-order valence-corrected chi connectivity index (χ3v) is 4.19. The van der Waals surface area contributed by atoms with E-state index < -0.39 is 4.92 Å². The van der Waals surface area contributed by atoms with Crippen molar-refractivity contribution >= 4 is 11.5 Å². The average molecular weight is 289 g/mol. The predicted octanol–water partition coefficient (Wildman–Crippen LogP) is 1.82. The number of anilines is 1. The maximum atomic E-state index is 10.8. The molecule has 0 amide bonds. The van der Waals surface area contributed by atoms with E-state index in [0.29, 0.717) is 18.3 Å². The second kappa shape index (κ2) is 6.50. The van der Waals surface area contributed by atoms with Gasteiger partial charge in [-0.1, -0.05) is 12.8 Å². The Morgan fingerprint density at radius 1 is 1.52 bits per heavy atom. The minimum Gasteiger partial charge on any atom is -0.356 e. The van der Waals surface area contributed by atoms with Gasteiger partial charge in [-0.2, -0.15) is 5.26 Å². The largest absolute Gasteiger partial charge is 0.356 e. The van der Waals surface area contributed by atoms with Gasteiger partial charge in [0.2, 0.25) is 5.69 Å². The number of nitrogens with two attached hydrogens (primary N) is 1. The summed E-state index contributed by atoms with van der Waals surface area (Å²) in [7, 11) is 1.91.